The zero-order chi connectivity index (χ0) is 19.4. The third kappa shape index (κ3) is 2.37. The molecule has 0 N–H and O–H groups in total. The Bertz CT molecular complexity index is 1300. The minimum atomic E-state index is -0.0890. The number of carbonyl (C=O) groups excluding carboxylic acids is 1. The smallest absolute Gasteiger partial charge is 0.227 e. The number of hydrogen-bond acceptors (Lipinski definition) is 5. The van der Waals surface area contributed by atoms with Crippen LogP contribution in [0.4, 0.5) is 5.95 Å². The fraction of sp³-hybridized carbons (Fsp3) is 0.300. The lowest BCUT2D eigenvalue weighted by Crippen LogP contribution is -2.48. The number of anilines is 1. The first-order valence-electron chi connectivity index (χ1n) is 9.31. The Morgan fingerprint density at radius 2 is 1.79 bits per heavy atom. The quantitative estimate of drug-likeness (QED) is 0.502. The molecular formula is C20H20N6O2. The standard InChI is InChI=1S/C20H20N6O2/c1-13(27)24-7-9-25(10-8-24)20-21-12-14-17(28)11-18-23(2)15-5-3-4-6-16(15)26(18)19(14)22-20/h3-6,11-12H,7-10H2,1-2H3. The van der Waals surface area contributed by atoms with Gasteiger partial charge in [-0.25, -0.2) is 4.98 Å². The Hall–Kier alpha value is -3.42. The number of hydrogen-bond donors (Lipinski definition) is 0. The van der Waals surface area contributed by atoms with Crippen molar-refractivity contribution in [1.82, 2.24) is 23.8 Å². The molecule has 4 aromatic rings. The lowest BCUT2D eigenvalue weighted by Gasteiger charge is -2.34. The molecular weight excluding hydrogens is 356 g/mol. The van der Waals surface area contributed by atoms with E-state index in [1.165, 1.54) is 0 Å². The summed E-state index contributed by atoms with van der Waals surface area (Å²) in [5.41, 5.74) is 3.34. The third-order valence-corrected chi connectivity index (χ3v) is 5.56. The first-order chi connectivity index (χ1) is 13.5. The lowest BCUT2D eigenvalue weighted by molar-refractivity contribution is -0.129. The SMILES string of the molecule is CC(=O)N1CCN(c2ncc3c(=O)cc4n(C)c5ccccc5n4c3n2)CC1. The predicted molar refractivity (Wildman–Crippen MR) is 108 cm³/mol. The number of aromatic nitrogens is 4. The summed E-state index contributed by atoms with van der Waals surface area (Å²) in [6.45, 7) is 4.23. The summed E-state index contributed by atoms with van der Waals surface area (Å²) in [5, 5.41) is 0.500. The van der Waals surface area contributed by atoms with Gasteiger partial charge in [0.15, 0.2) is 11.1 Å². The van der Waals surface area contributed by atoms with Crippen LogP contribution in [-0.4, -0.2) is 55.9 Å². The molecule has 0 spiro atoms. The van der Waals surface area contributed by atoms with Crippen molar-refractivity contribution in [3.8, 4) is 0 Å². The van der Waals surface area contributed by atoms with Crippen molar-refractivity contribution in [1.29, 1.82) is 0 Å². The number of piperazine rings is 1. The molecule has 3 aromatic heterocycles. The van der Waals surface area contributed by atoms with Crippen LogP contribution in [0.1, 0.15) is 6.92 Å². The summed E-state index contributed by atoms with van der Waals surface area (Å²) < 4.78 is 4.02. The van der Waals surface area contributed by atoms with E-state index in [0.29, 0.717) is 43.2 Å². The Kier molecular flexibility index (Phi) is 3.61. The molecule has 142 valence electrons. The van der Waals surface area contributed by atoms with Gasteiger partial charge in [-0.15, -0.1) is 0 Å². The summed E-state index contributed by atoms with van der Waals surface area (Å²) in [6.07, 6.45) is 1.62. The zero-order valence-corrected chi connectivity index (χ0v) is 15.8. The van der Waals surface area contributed by atoms with Gasteiger partial charge in [-0.2, -0.15) is 4.98 Å². The fourth-order valence-electron chi connectivity index (χ4n) is 3.99. The molecule has 4 heterocycles. The number of para-hydroxylation sites is 2. The first-order valence-corrected chi connectivity index (χ1v) is 9.31. The van der Waals surface area contributed by atoms with Crippen molar-refractivity contribution in [2.75, 3.05) is 31.1 Å². The average Bonchev–Trinajstić information content (AvgIpc) is 3.00. The maximum Gasteiger partial charge on any atom is 0.227 e. The van der Waals surface area contributed by atoms with Gasteiger partial charge < -0.3 is 14.4 Å². The molecule has 1 aliphatic rings. The van der Waals surface area contributed by atoms with Crippen LogP contribution >= 0.6 is 0 Å². The van der Waals surface area contributed by atoms with Crippen molar-refractivity contribution in [3.63, 3.8) is 0 Å². The molecule has 1 amide bonds. The van der Waals surface area contributed by atoms with E-state index in [-0.39, 0.29) is 11.3 Å². The number of benzene rings is 1. The number of amides is 1. The molecule has 1 fully saturated rings. The summed E-state index contributed by atoms with van der Waals surface area (Å²) in [6, 6.07) is 9.66. The van der Waals surface area contributed by atoms with Crippen molar-refractivity contribution in [2.24, 2.45) is 7.05 Å². The van der Waals surface area contributed by atoms with Gasteiger partial charge in [0, 0.05) is 52.4 Å². The van der Waals surface area contributed by atoms with Crippen LogP contribution in [-0.2, 0) is 11.8 Å². The van der Waals surface area contributed by atoms with E-state index in [9.17, 15) is 9.59 Å². The topological polar surface area (TPSA) is 75.7 Å². The minimum absolute atomic E-state index is 0.0862. The Morgan fingerprint density at radius 1 is 1.07 bits per heavy atom. The van der Waals surface area contributed by atoms with Gasteiger partial charge in [0.1, 0.15) is 5.65 Å². The number of fused-ring (bicyclic) bond motifs is 5. The zero-order valence-electron chi connectivity index (χ0n) is 15.8. The molecule has 1 aromatic carbocycles. The van der Waals surface area contributed by atoms with E-state index in [4.69, 9.17) is 4.98 Å². The third-order valence-electron chi connectivity index (χ3n) is 5.56. The highest BCUT2D eigenvalue weighted by atomic mass is 16.2. The van der Waals surface area contributed by atoms with Gasteiger partial charge >= 0.3 is 0 Å². The van der Waals surface area contributed by atoms with Crippen LogP contribution in [0, 0.1) is 0 Å². The highest BCUT2D eigenvalue weighted by Crippen LogP contribution is 2.23. The van der Waals surface area contributed by atoms with Gasteiger partial charge in [0.2, 0.25) is 11.9 Å². The van der Waals surface area contributed by atoms with Crippen LogP contribution in [0.2, 0.25) is 0 Å². The summed E-state index contributed by atoms with van der Waals surface area (Å²) in [5.74, 6) is 0.672. The van der Waals surface area contributed by atoms with Crippen molar-refractivity contribution in [3.05, 3.63) is 46.8 Å². The molecule has 0 unspecified atom stereocenters. The molecule has 1 aliphatic heterocycles. The molecule has 28 heavy (non-hydrogen) atoms. The van der Waals surface area contributed by atoms with E-state index in [1.807, 2.05) is 45.2 Å². The maximum atomic E-state index is 12.7. The number of carbonyl (C=O) groups is 1. The van der Waals surface area contributed by atoms with Crippen LogP contribution in [0.15, 0.2) is 41.3 Å². The second kappa shape index (κ2) is 6.05. The Morgan fingerprint density at radius 3 is 2.50 bits per heavy atom. The molecule has 5 rings (SSSR count). The van der Waals surface area contributed by atoms with E-state index in [0.717, 1.165) is 16.7 Å². The molecule has 1 saturated heterocycles. The van der Waals surface area contributed by atoms with Gasteiger partial charge in [0.25, 0.3) is 0 Å². The second-order valence-corrected chi connectivity index (χ2v) is 7.15. The van der Waals surface area contributed by atoms with Crippen molar-refractivity contribution >= 4 is 39.6 Å². The predicted octanol–water partition coefficient (Wildman–Crippen LogP) is 1.40. The molecule has 8 nitrogen and oxygen atoms in total. The van der Waals surface area contributed by atoms with E-state index >= 15 is 0 Å². The Labute approximate surface area is 160 Å². The van der Waals surface area contributed by atoms with E-state index in [1.54, 1.807) is 19.2 Å². The number of pyridine rings is 1. The number of aryl methyl sites for hydroxylation is 1. The van der Waals surface area contributed by atoms with Crippen LogP contribution in [0.25, 0.3) is 27.7 Å². The van der Waals surface area contributed by atoms with E-state index < -0.39 is 0 Å². The number of imidazole rings is 1. The van der Waals surface area contributed by atoms with Crippen LogP contribution in [0.5, 0.6) is 0 Å². The summed E-state index contributed by atoms with van der Waals surface area (Å²) >= 11 is 0. The number of rotatable bonds is 1. The highest BCUT2D eigenvalue weighted by Gasteiger charge is 2.22. The lowest BCUT2D eigenvalue weighted by atomic mass is 10.3. The number of nitrogens with zero attached hydrogens (tertiary/aromatic N) is 6. The fourth-order valence-corrected chi connectivity index (χ4v) is 3.99. The van der Waals surface area contributed by atoms with E-state index in [2.05, 4.69) is 9.88 Å². The van der Waals surface area contributed by atoms with Gasteiger partial charge in [0.05, 0.1) is 16.4 Å². The van der Waals surface area contributed by atoms with Crippen molar-refractivity contribution < 1.29 is 4.79 Å². The maximum absolute atomic E-state index is 12.7. The molecule has 0 aliphatic carbocycles. The molecule has 0 bridgehead atoms. The molecule has 0 radical (unpaired) electrons. The normalized spacial score (nSPS) is 15.1. The average molecular weight is 376 g/mol. The Balaban J connectivity index is 1.70. The molecule has 0 saturated carbocycles. The summed E-state index contributed by atoms with van der Waals surface area (Å²) in [7, 11) is 1.95. The highest BCUT2D eigenvalue weighted by molar-refractivity contribution is 5.89. The van der Waals surface area contributed by atoms with Gasteiger partial charge in [-0.1, -0.05) is 12.1 Å². The van der Waals surface area contributed by atoms with Crippen molar-refractivity contribution in [2.45, 2.75) is 6.92 Å². The summed E-state index contributed by atoms with van der Waals surface area (Å²) in [4.78, 5) is 37.3. The minimum Gasteiger partial charge on any atom is -0.339 e. The monoisotopic (exact) mass is 376 g/mol. The van der Waals surface area contributed by atoms with Gasteiger partial charge in [-0.3, -0.25) is 14.0 Å². The largest absolute Gasteiger partial charge is 0.339 e. The molecule has 0 atom stereocenters. The molecule has 8 heteroatoms. The van der Waals surface area contributed by atoms with Gasteiger partial charge in [-0.05, 0) is 12.1 Å². The first kappa shape index (κ1) is 16.7. The van der Waals surface area contributed by atoms with Crippen LogP contribution < -0.4 is 10.3 Å². The second-order valence-electron chi connectivity index (χ2n) is 7.15. The van der Waals surface area contributed by atoms with Crippen LogP contribution in [0.3, 0.4) is 0 Å².